The van der Waals surface area contributed by atoms with Gasteiger partial charge in [-0.05, 0) is 48.0 Å². The van der Waals surface area contributed by atoms with Crippen LogP contribution in [0.15, 0.2) is 70.4 Å². The summed E-state index contributed by atoms with van der Waals surface area (Å²) in [4.78, 5) is 0. The second kappa shape index (κ2) is 8.17. The maximum atomic E-state index is 2.35. The molecule has 4 aliphatic rings. The molecule has 0 saturated carbocycles. The second-order valence-corrected chi connectivity index (χ2v) is 5.95. The minimum atomic E-state index is 0.743. The van der Waals surface area contributed by atoms with Gasteiger partial charge in [0.2, 0.25) is 0 Å². The Morgan fingerprint density at radius 1 is 1.00 bits per heavy atom. The second-order valence-electron chi connectivity index (χ2n) is 5.95. The summed E-state index contributed by atoms with van der Waals surface area (Å²) in [6.07, 6.45) is 22.0. The van der Waals surface area contributed by atoms with E-state index in [0.717, 1.165) is 12.3 Å². The van der Waals surface area contributed by atoms with Gasteiger partial charge < -0.3 is 0 Å². The number of allylic oxidation sites excluding steroid dienone is 12. The van der Waals surface area contributed by atoms with Gasteiger partial charge in [-0.3, -0.25) is 0 Å². The lowest BCUT2D eigenvalue weighted by Gasteiger charge is -2.13. The molecule has 1 atom stereocenters. The molecule has 0 radical (unpaired) electrons. The molecule has 0 aromatic heterocycles. The minimum absolute atomic E-state index is 0.743. The summed E-state index contributed by atoms with van der Waals surface area (Å²) < 4.78 is 0. The first-order chi connectivity index (χ1) is 10.9. The Kier molecular flexibility index (Phi) is 6.24. The fourth-order valence-electron chi connectivity index (χ4n) is 3.73. The van der Waals surface area contributed by atoms with E-state index in [4.69, 9.17) is 0 Å². The van der Waals surface area contributed by atoms with Gasteiger partial charge in [0, 0.05) is 5.92 Å². The van der Waals surface area contributed by atoms with Crippen molar-refractivity contribution in [3.8, 4) is 0 Å². The summed E-state index contributed by atoms with van der Waals surface area (Å²) in [6.45, 7) is 8.25. The monoisotopic (exact) mass is 294 g/mol. The Morgan fingerprint density at radius 3 is 2.50 bits per heavy atom. The molecular formula is C22H30. The molecule has 0 aromatic carbocycles. The number of hydrogen-bond acceptors (Lipinski definition) is 0. The number of fused-ring (bicyclic) bond motifs is 2. The van der Waals surface area contributed by atoms with Crippen LogP contribution < -0.4 is 0 Å². The highest BCUT2D eigenvalue weighted by atomic mass is 14.4. The van der Waals surface area contributed by atoms with Crippen LogP contribution in [0.5, 0.6) is 0 Å². The summed E-state index contributed by atoms with van der Waals surface area (Å²) in [7, 11) is 0. The van der Waals surface area contributed by atoms with Crippen molar-refractivity contribution in [1.29, 1.82) is 0 Å². The predicted molar refractivity (Wildman–Crippen MR) is 98.8 cm³/mol. The van der Waals surface area contributed by atoms with E-state index in [9.17, 15) is 0 Å². The molecule has 4 rings (SSSR count). The summed E-state index contributed by atoms with van der Waals surface area (Å²) >= 11 is 0. The van der Waals surface area contributed by atoms with Crippen LogP contribution in [-0.2, 0) is 0 Å². The van der Waals surface area contributed by atoms with Crippen molar-refractivity contribution in [1.82, 2.24) is 0 Å². The molecule has 0 N–H and O–H groups in total. The Hall–Kier alpha value is -1.56. The molecule has 0 fully saturated rings. The molecule has 0 aromatic rings. The van der Waals surface area contributed by atoms with Crippen LogP contribution in [0, 0.1) is 5.92 Å². The molecule has 0 nitrogen and oxygen atoms in total. The normalized spacial score (nSPS) is 28.9. The SMILES string of the molecule is C1=CCC2=C(C1)/C1=C/C=C\C=C/C3=C1C2CC3.CC.CCC. The fraction of sp³-hybridized carbons (Fsp3) is 0.455. The third-order valence-corrected chi connectivity index (χ3v) is 4.43. The van der Waals surface area contributed by atoms with Crippen molar-refractivity contribution in [2.24, 2.45) is 5.92 Å². The maximum Gasteiger partial charge on any atom is 0.00693 e. The zero-order valence-corrected chi connectivity index (χ0v) is 14.7. The average molecular weight is 294 g/mol. The van der Waals surface area contributed by atoms with Gasteiger partial charge in [0.05, 0.1) is 0 Å². The Balaban J connectivity index is 0.000000319. The smallest absolute Gasteiger partial charge is 0.00693 e. The van der Waals surface area contributed by atoms with Gasteiger partial charge in [0.25, 0.3) is 0 Å². The molecule has 0 bridgehead atoms. The third kappa shape index (κ3) is 3.11. The molecule has 0 aliphatic heterocycles. The lowest BCUT2D eigenvalue weighted by Crippen LogP contribution is -1.98. The summed E-state index contributed by atoms with van der Waals surface area (Å²) in [5.74, 6) is 0.743. The summed E-state index contributed by atoms with van der Waals surface area (Å²) in [5, 5.41) is 0. The molecule has 0 spiro atoms. The Labute approximate surface area is 136 Å². The van der Waals surface area contributed by atoms with E-state index in [1.165, 1.54) is 25.7 Å². The molecular weight excluding hydrogens is 264 g/mol. The van der Waals surface area contributed by atoms with Crippen molar-refractivity contribution in [2.45, 2.75) is 59.8 Å². The van der Waals surface area contributed by atoms with Gasteiger partial charge in [0.1, 0.15) is 0 Å². The molecule has 118 valence electrons. The van der Waals surface area contributed by atoms with Crippen LogP contribution in [0.1, 0.15) is 59.8 Å². The average Bonchev–Trinajstić information content (AvgIpc) is 3.05. The van der Waals surface area contributed by atoms with E-state index < -0.39 is 0 Å². The van der Waals surface area contributed by atoms with Gasteiger partial charge in [-0.25, -0.2) is 0 Å². The Bertz CT molecular complexity index is 573. The summed E-state index contributed by atoms with van der Waals surface area (Å²) in [6, 6.07) is 0. The Morgan fingerprint density at radius 2 is 1.73 bits per heavy atom. The topological polar surface area (TPSA) is 0 Å². The third-order valence-electron chi connectivity index (χ3n) is 4.43. The number of rotatable bonds is 0. The van der Waals surface area contributed by atoms with Crippen LogP contribution in [0.3, 0.4) is 0 Å². The predicted octanol–water partition coefficient (Wildman–Crippen LogP) is 6.85. The van der Waals surface area contributed by atoms with E-state index in [1.54, 1.807) is 27.9 Å². The fourth-order valence-corrected chi connectivity index (χ4v) is 3.73. The zero-order valence-electron chi connectivity index (χ0n) is 14.7. The zero-order chi connectivity index (χ0) is 15.9. The molecule has 4 aliphatic carbocycles. The maximum absolute atomic E-state index is 2.35. The van der Waals surface area contributed by atoms with Crippen molar-refractivity contribution < 1.29 is 0 Å². The van der Waals surface area contributed by atoms with Crippen molar-refractivity contribution >= 4 is 0 Å². The van der Waals surface area contributed by atoms with E-state index >= 15 is 0 Å². The van der Waals surface area contributed by atoms with Gasteiger partial charge in [-0.2, -0.15) is 0 Å². The van der Waals surface area contributed by atoms with Gasteiger partial charge in [0.15, 0.2) is 0 Å². The first-order valence-corrected chi connectivity index (χ1v) is 9.02. The minimum Gasteiger partial charge on any atom is -0.0841 e. The van der Waals surface area contributed by atoms with Crippen molar-refractivity contribution in [3.63, 3.8) is 0 Å². The molecule has 0 amide bonds. The highest BCUT2D eigenvalue weighted by Crippen LogP contribution is 2.53. The summed E-state index contributed by atoms with van der Waals surface area (Å²) in [5.41, 5.74) is 8.12. The van der Waals surface area contributed by atoms with Crippen LogP contribution in [0.4, 0.5) is 0 Å². The van der Waals surface area contributed by atoms with Gasteiger partial charge in [-0.15, -0.1) is 0 Å². The van der Waals surface area contributed by atoms with E-state index in [2.05, 4.69) is 56.4 Å². The highest BCUT2D eigenvalue weighted by molar-refractivity contribution is 5.66. The van der Waals surface area contributed by atoms with Crippen LogP contribution in [0.25, 0.3) is 0 Å². The first kappa shape index (κ1) is 16.8. The largest absolute Gasteiger partial charge is 0.0841 e. The van der Waals surface area contributed by atoms with Gasteiger partial charge in [-0.1, -0.05) is 82.2 Å². The molecule has 0 heterocycles. The number of hydrogen-bond donors (Lipinski definition) is 0. The molecule has 0 heteroatoms. The van der Waals surface area contributed by atoms with Crippen LogP contribution in [-0.4, -0.2) is 0 Å². The quantitative estimate of drug-likeness (QED) is 0.429. The van der Waals surface area contributed by atoms with Crippen molar-refractivity contribution in [3.05, 3.63) is 70.4 Å². The van der Waals surface area contributed by atoms with E-state index in [0.29, 0.717) is 0 Å². The highest BCUT2D eigenvalue weighted by Gasteiger charge is 2.38. The molecule has 0 saturated heterocycles. The standard InChI is InChI=1S/C17H16.C3H8.C2H6/c1-2-6-12-10-11-16-14-8-5-4-7-13(14)15(9-3-1)17(12)16;1-3-2;1-2/h1-6,9,16H,7-8,10-11H2;3H2,1-2H3;1-2H3/b2-1?,3-1-,6-2-,9-3?,12-6?,15-9-;;. The molecule has 22 heavy (non-hydrogen) atoms. The van der Waals surface area contributed by atoms with Gasteiger partial charge >= 0.3 is 0 Å². The first-order valence-electron chi connectivity index (χ1n) is 9.02. The van der Waals surface area contributed by atoms with E-state index in [-0.39, 0.29) is 0 Å². The lowest BCUT2D eigenvalue weighted by molar-refractivity contribution is 0.700. The lowest BCUT2D eigenvalue weighted by atomic mass is 9.92. The van der Waals surface area contributed by atoms with Crippen molar-refractivity contribution in [2.75, 3.05) is 0 Å². The van der Waals surface area contributed by atoms with Crippen LogP contribution >= 0.6 is 0 Å². The molecule has 1 unspecified atom stereocenters. The van der Waals surface area contributed by atoms with Crippen LogP contribution in [0.2, 0.25) is 0 Å². The van der Waals surface area contributed by atoms with E-state index in [1.807, 2.05) is 13.8 Å².